The lowest BCUT2D eigenvalue weighted by Gasteiger charge is -2.30. The summed E-state index contributed by atoms with van der Waals surface area (Å²) in [6.07, 6.45) is 2.16. The van der Waals surface area contributed by atoms with E-state index in [1.165, 1.54) is 6.42 Å². The van der Waals surface area contributed by atoms with Crippen molar-refractivity contribution in [2.45, 2.75) is 39.8 Å². The van der Waals surface area contributed by atoms with Crippen LogP contribution in [0.25, 0.3) is 0 Å². The van der Waals surface area contributed by atoms with Crippen LogP contribution in [0.2, 0.25) is 0 Å². The third-order valence-electron chi connectivity index (χ3n) is 3.70. The molecule has 5 heteroatoms. The molecule has 0 atom stereocenters. The quantitative estimate of drug-likeness (QED) is 0.860. The van der Waals surface area contributed by atoms with Crippen molar-refractivity contribution in [2.24, 2.45) is 5.41 Å². The topological polar surface area (TPSA) is 39.9 Å². The average Bonchev–Trinajstić information content (AvgIpc) is 2.79. The molecule has 0 saturated heterocycles. The van der Waals surface area contributed by atoms with Gasteiger partial charge in [0.1, 0.15) is 18.2 Å². The summed E-state index contributed by atoms with van der Waals surface area (Å²) in [7, 11) is 0. The Morgan fingerprint density at radius 1 is 1.25 bits per heavy atom. The van der Waals surface area contributed by atoms with Gasteiger partial charge in [0.2, 0.25) is 0 Å². The van der Waals surface area contributed by atoms with E-state index in [9.17, 15) is 0 Å². The van der Waals surface area contributed by atoms with Gasteiger partial charge in [-0.15, -0.1) is 10.2 Å². The molecule has 2 heterocycles. The Balaban J connectivity index is 1.73. The Labute approximate surface area is 127 Å². The van der Waals surface area contributed by atoms with Gasteiger partial charge < -0.3 is 9.30 Å². The number of rotatable bonds is 3. The lowest BCUT2D eigenvalue weighted by molar-refractivity contribution is 0.227. The summed E-state index contributed by atoms with van der Waals surface area (Å²) in [5, 5.41) is 8.55. The summed E-state index contributed by atoms with van der Waals surface area (Å²) in [6.45, 7) is 6.00. The summed E-state index contributed by atoms with van der Waals surface area (Å²) >= 11 is 3.42. The molecule has 4 nitrogen and oxygen atoms in total. The fourth-order valence-corrected chi connectivity index (χ4v) is 2.75. The number of aromatic nitrogens is 3. The van der Waals surface area contributed by atoms with E-state index in [1.807, 2.05) is 24.3 Å². The van der Waals surface area contributed by atoms with Gasteiger partial charge in [0.15, 0.2) is 5.82 Å². The normalized spacial score (nSPS) is 16.8. The lowest BCUT2D eigenvalue weighted by atomic mass is 9.85. The van der Waals surface area contributed by atoms with Gasteiger partial charge in [0.25, 0.3) is 0 Å². The molecule has 1 aliphatic rings. The van der Waals surface area contributed by atoms with Crippen molar-refractivity contribution in [1.82, 2.24) is 14.8 Å². The van der Waals surface area contributed by atoms with Gasteiger partial charge in [-0.05, 0) is 36.1 Å². The standard InChI is InChI=1S/C15H18BrN3O/c1-15(2)8-7-13-17-18-14(19(13)10-15)9-20-12-5-3-11(16)4-6-12/h3-6H,7-10H2,1-2H3. The monoisotopic (exact) mass is 335 g/mol. The van der Waals surface area contributed by atoms with E-state index in [4.69, 9.17) is 4.74 Å². The SMILES string of the molecule is CC1(C)CCc2nnc(COc3ccc(Br)cc3)n2C1. The first-order chi connectivity index (χ1) is 9.53. The highest BCUT2D eigenvalue weighted by Gasteiger charge is 2.28. The molecular formula is C15H18BrN3O. The minimum absolute atomic E-state index is 0.307. The second kappa shape index (κ2) is 5.20. The van der Waals surface area contributed by atoms with Gasteiger partial charge in [-0.1, -0.05) is 29.8 Å². The summed E-state index contributed by atoms with van der Waals surface area (Å²) in [4.78, 5) is 0. The molecule has 1 aliphatic heterocycles. The molecule has 20 heavy (non-hydrogen) atoms. The van der Waals surface area contributed by atoms with Crippen molar-refractivity contribution >= 4 is 15.9 Å². The molecule has 1 aromatic carbocycles. The van der Waals surface area contributed by atoms with Crippen molar-refractivity contribution in [3.63, 3.8) is 0 Å². The van der Waals surface area contributed by atoms with E-state index < -0.39 is 0 Å². The van der Waals surface area contributed by atoms with Crippen molar-refractivity contribution in [1.29, 1.82) is 0 Å². The fourth-order valence-electron chi connectivity index (χ4n) is 2.48. The van der Waals surface area contributed by atoms with Crippen molar-refractivity contribution in [2.75, 3.05) is 0 Å². The average molecular weight is 336 g/mol. The predicted octanol–water partition coefficient (Wildman–Crippen LogP) is 3.59. The molecule has 0 amide bonds. The molecule has 0 aliphatic carbocycles. The number of nitrogens with zero attached hydrogens (tertiary/aromatic N) is 3. The smallest absolute Gasteiger partial charge is 0.171 e. The largest absolute Gasteiger partial charge is 0.486 e. The summed E-state index contributed by atoms with van der Waals surface area (Å²) in [5.41, 5.74) is 0.307. The molecule has 106 valence electrons. The number of ether oxygens (including phenoxy) is 1. The minimum Gasteiger partial charge on any atom is -0.486 e. The predicted molar refractivity (Wildman–Crippen MR) is 80.6 cm³/mol. The second-order valence-corrected chi connectivity index (χ2v) is 6.94. The zero-order valence-electron chi connectivity index (χ0n) is 11.8. The van der Waals surface area contributed by atoms with Gasteiger partial charge in [0.05, 0.1) is 0 Å². The lowest BCUT2D eigenvalue weighted by Crippen LogP contribution is -2.28. The van der Waals surface area contributed by atoms with Crippen LogP contribution >= 0.6 is 15.9 Å². The molecule has 0 saturated carbocycles. The van der Waals surface area contributed by atoms with Crippen LogP contribution in [0.4, 0.5) is 0 Å². The third kappa shape index (κ3) is 2.87. The van der Waals surface area contributed by atoms with E-state index in [1.54, 1.807) is 0 Å². The fraction of sp³-hybridized carbons (Fsp3) is 0.467. The molecule has 0 N–H and O–H groups in total. The second-order valence-electron chi connectivity index (χ2n) is 6.03. The van der Waals surface area contributed by atoms with Gasteiger partial charge in [-0.25, -0.2) is 0 Å². The number of hydrogen-bond acceptors (Lipinski definition) is 3. The van der Waals surface area contributed by atoms with E-state index in [0.29, 0.717) is 12.0 Å². The Bertz CT molecular complexity index is 604. The highest BCUT2D eigenvalue weighted by molar-refractivity contribution is 9.10. The molecule has 3 rings (SSSR count). The Morgan fingerprint density at radius 3 is 2.75 bits per heavy atom. The highest BCUT2D eigenvalue weighted by atomic mass is 79.9. The van der Waals surface area contributed by atoms with Gasteiger partial charge >= 0.3 is 0 Å². The molecule has 0 radical (unpaired) electrons. The first-order valence-corrected chi connectivity index (χ1v) is 7.62. The first-order valence-electron chi connectivity index (χ1n) is 6.83. The van der Waals surface area contributed by atoms with E-state index in [-0.39, 0.29) is 0 Å². The first kappa shape index (κ1) is 13.6. The Kier molecular flexibility index (Phi) is 3.54. The van der Waals surface area contributed by atoms with E-state index >= 15 is 0 Å². The summed E-state index contributed by atoms with van der Waals surface area (Å²) < 4.78 is 9.05. The number of aryl methyl sites for hydroxylation is 1. The number of benzene rings is 1. The molecule has 0 bridgehead atoms. The third-order valence-corrected chi connectivity index (χ3v) is 4.23. The molecule has 0 unspecified atom stereocenters. The zero-order chi connectivity index (χ0) is 14.2. The van der Waals surface area contributed by atoms with E-state index in [2.05, 4.69) is 44.5 Å². The maximum atomic E-state index is 5.80. The molecule has 1 aromatic heterocycles. The summed E-state index contributed by atoms with van der Waals surface area (Å²) in [6, 6.07) is 7.83. The minimum atomic E-state index is 0.307. The van der Waals surface area contributed by atoms with Crippen LogP contribution in [0.15, 0.2) is 28.7 Å². The van der Waals surface area contributed by atoms with Gasteiger partial charge in [-0.3, -0.25) is 0 Å². The van der Waals surface area contributed by atoms with Crippen LogP contribution in [0.3, 0.4) is 0 Å². The number of fused-ring (bicyclic) bond motifs is 1. The highest BCUT2D eigenvalue weighted by Crippen LogP contribution is 2.30. The van der Waals surface area contributed by atoms with Crippen LogP contribution in [0.5, 0.6) is 5.75 Å². The molecule has 0 fully saturated rings. The van der Waals surface area contributed by atoms with Crippen molar-refractivity contribution in [3.05, 3.63) is 40.4 Å². The Hall–Kier alpha value is -1.36. The number of halogens is 1. The molecule has 0 spiro atoms. The maximum absolute atomic E-state index is 5.80. The van der Waals surface area contributed by atoms with Gasteiger partial charge in [0, 0.05) is 17.4 Å². The van der Waals surface area contributed by atoms with Crippen molar-refractivity contribution in [3.8, 4) is 5.75 Å². The Morgan fingerprint density at radius 2 is 2.00 bits per heavy atom. The molecular weight excluding hydrogens is 318 g/mol. The van der Waals surface area contributed by atoms with E-state index in [0.717, 1.165) is 34.8 Å². The zero-order valence-corrected chi connectivity index (χ0v) is 13.4. The van der Waals surface area contributed by atoms with Crippen LogP contribution in [-0.4, -0.2) is 14.8 Å². The van der Waals surface area contributed by atoms with Crippen molar-refractivity contribution < 1.29 is 4.74 Å². The maximum Gasteiger partial charge on any atom is 0.171 e. The van der Waals surface area contributed by atoms with Gasteiger partial charge in [-0.2, -0.15) is 0 Å². The van der Waals surface area contributed by atoms with Crippen LogP contribution in [0, 0.1) is 5.41 Å². The van der Waals surface area contributed by atoms with Crippen LogP contribution in [-0.2, 0) is 19.6 Å². The number of hydrogen-bond donors (Lipinski definition) is 0. The summed E-state index contributed by atoms with van der Waals surface area (Å²) in [5.74, 6) is 2.84. The van der Waals surface area contributed by atoms with Crippen LogP contribution in [0.1, 0.15) is 31.9 Å². The van der Waals surface area contributed by atoms with Crippen LogP contribution < -0.4 is 4.74 Å². The molecule has 2 aromatic rings.